The van der Waals surface area contributed by atoms with Gasteiger partial charge in [-0.05, 0) is 20.8 Å². The summed E-state index contributed by atoms with van der Waals surface area (Å²) < 4.78 is 6.41. The van der Waals surface area contributed by atoms with E-state index in [0.717, 1.165) is 0 Å². The summed E-state index contributed by atoms with van der Waals surface area (Å²) in [6, 6.07) is 0. The van der Waals surface area contributed by atoms with Gasteiger partial charge in [0.25, 0.3) is 5.56 Å². The summed E-state index contributed by atoms with van der Waals surface area (Å²) in [7, 11) is 1.35. The van der Waals surface area contributed by atoms with E-state index in [2.05, 4.69) is 19.7 Å². The first-order chi connectivity index (χ1) is 10.3. The van der Waals surface area contributed by atoms with E-state index in [0.29, 0.717) is 29.9 Å². The number of rotatable bonds is 1. The summed E-state index contributed by atoms with van der Waals surface area (Å²) in [5.41, 5.74) is 0.104. The average Bonchev–Trinajstić information content (AvgIpc) is 2.81. The first-order valence-corrected chi connectivity index (χ1v) is 7.12. The number of nitrogens with zero attached hydrogens (tertiary/aromatic N) is 4. The minimum atomic E-state index is -0.362. The Balaban J connectivity index is 1.96. The van der Waals surface area contributed by atoms with Crippen molar-refractivity contribution in [3.05, 3.63) is 22.4 Å². The van der Waals surface area contributed by atoms with Crippen LogP contribution in [0.3, 0.4) is 0 Å². The van der Waals surface area contributed by atoms with Crippen LogP contribution in [0.2, 0.25) is 0 Å². The molecule has 1 aliphatic rings. The molecule has 8 nitrogen and oxygen atoms in total. The van der Waals surface area contributed by atoms with Crippen molar-refractivity contribution in [3.8, 4) is 0 Å². The Bertz CT molecular complexity index is 785. The molecule has 1 amide bonds. The highest BCUT2D eigenvalue weighted by atomic mass is 16.5. The summed E-state index contributed by atoms with van der Waals surface area (Å²) in [6.45, 7) is 6.99. The van der Waals surface area contributed by atoms with E-state index in [-0.39, 0.29) is 23.1 Å². The van der Waals surface area contributed by atoms with Gasteiger partial charge in [-0.3, -0.25) is 4.79 Å². The van der Waals surface area contributed by atoms with E-state index < -0.39 is 0 Å². The van der Waals surface area contributed by atoms with Crippen LogP contribution in [0, 0.1) is 0 Å². The van der Waals surface area contributed by atoms with Crippen LogP contribution in [0.15, 0.2) is 11.0 Å². The zero-order valence-electron chi connectivity index (χ0n) is 13.1. The number of likely N-dealkylation sites (tertiary alicyclic amines) is 1. The summed E-state index contributed by atoms with van der Waals surface area (Å²) >= 11 is 0. The normalized spacial score (nSPS) is 15.9. The molecule has 22 heavy (non-hydrogen) atoms. The number of hydrogen-bond acceptors (Lipinski definition) is 5. The molecule has 0 radical (unpaired) electrons. The average molecular weight is 303 g/mol. The number of nitrogens with one attached hydrogen (secondary N) is 1. The SMILES string of the molecule is BOC(=O)N1CC(c2nc3c(cnn3C(C)(C)C)c(=O)[nH]2)C1. The molecule has 2 aromatic rings. The molecule has 0 unspecified atom stereocenters. The highest BCUT2D eigenvalue weighted by Gasteiger charge is 2.34. The standard InChI is InChI=1S/C13H18BN5O3/c1-13(2,3)19-10-8(4-15-19)11(20)17-9(16-10)7-5-18(6-7)12(21)22-14/h4,7H,5-6,14H2,1-3H3,(H,16,17,20). The lowest BCUT2D eigenvalue weighted by Crippen LogP contribution is -2.49. The number of aromatic amines is 1. The van der Waals surface area contributed by atoms with Gasteiger partial charge in [0, 0.05) is 13.1 Å². The molecule has 3 rings (SSSR count). The van der Waals surface area contributed by atoms with Gasteiger partial charge in [0.1, 0.15) is 11.2 Å². The second-order valence-electron chi connectivity index (χ2n) is 6.49. The Labute approximate surface area is 127 Å². The Morgan fingerprint density at radius 1 is 1.45 bits per heavy atom. The van der Waals surface area contributed by atoms with Gasteiger partial charge >= 0.3 is 14.1 Å². The van der Waals surface area contributed by atoms with Gasteiger partial charge in [0.2, 0.25) is 0 Å². The zero-order chi connectivity index (χ0) is 16.1. The van der Waals surface area contributed by atoms with Crippen molar-refractivity contribution in [3.63, 3.8) is 0 Å². The van der Waals surface area contributed by atoms with Crippen LogP contribution in [0.1, 0.15) is 32.5 Å². The monoisotopic (exact) mass is 303 g/mol. The number of fused-ring (bicyclic) bond motifs is 1. The minimum absolute atomic E-state index is 0.0134. The molecule has 0 spiro atoms. The van der Waals surface area contributed by atoms with Crippen molar-refractivity contribution in [2.75, 3.05) is 13.1 Å². The van der Waals surface area contributed by atoms with Crippen molar-refractivity contribution in [2.24, 2.45) is 0 Å². The van der Waals surface area contributed by atoms with Gasteiger partial charge in [0.15, 0.2) is 5.65 Å². The molecular weight excluding hydrogens is 285 g/mol. The van der Waals surface area contributed by atoms with Crippen LogP contribution in [-0.4, -0.2) is 51.9 Å². The molecule has 1 aliphatic heterocycles. The first-order valence-electron chi connectivity index (χ1n) is 7.12. The lowest BCUT2D eigenvalue weighted by Gasteiger charge is -2.37. The fourth-order valence-corrected chi connectivity index (χ4v) is 2.55. The molecule has 9 heteroatoms. The van der Waals surface area contributed by atoms with Crippen LogP contribution in [0.4, 0.5) is 4.79 Å². The molecular formula is C13H18BN5O3. The molecule has 2 aromatic heterocycles. The van der Waals surface area contributed by atoms with Crippen LogP contribution in [0.5, 0.6) is 0 Å². The second-order valence-corrected chi connectivity index (χ2v) is 6.49. The Hall–Kier alpha value is -2.32. The summed E-state index contributed by atoms with van der Waals surface area (Å²) in [6.07, 6.45) is 1.18. The molecule has 0 aromatic carbocycles. The van der Waals surface area contributed by atoms with E-state index in [1.165, 1.54) is 14.2 Å². The number of amides is 1. The molecule has 3 heterocycles. The summed E-state index contributed by atoms with van der Waals surface area (Å²) in [5.74, 6) is 0.600. The quantitative estimate of drug-likeness (QED) is 0.746. The lowest BCUT2D eigenvalue weighted by atomic mass is 10.00. The molecule has 116 valence electrons. The largest absolute Gasteiger partial charge is 0.528 e. The number of hydrogen-bond donors (Lipinski definition) is 1. The summed E-state index contributed by atoms with van der Waals surface area (Å²) in [4.78, 5) is 32.5. The second kappa shape index (κ2) is 4.86. The van der Waals surface area contributed by atoms with Crippen molar-refractivity contribution in [1.82, 2.24) is 24.6 Å². The molecule has 1 fully saturated rings. The lowest BCUT2D eigenvalue weighted by molar-refractivity contribution is 0.112. The topological polar surface area (TPSA) is 93.1 Å². The third kappa shape index (κ3) is 2.26. The first kappa shape index (κ1) is 14.6. The predicted molar refractivity (Wildman–Crippen MR) is 82.5 cm³/mol. The van der Waals surface area contributed by atoms with E-state index in [1.807, 2.05) is 20.8 Å². The fourth-order valence-electron chi connectivity index (χ4n) is 2.55. The number of aromatic nitrogens is 4. The maximum Gasteiger partial charge on any atom is 0.391 e. The molecule has 0 saturated carbocycles. The molecule has 0 atom stereocenters. The molecule has 0 bridgehead atoms. The maximum atomic E-state index is 12.2. The third-order valence-electron chi connectivity index (χ3n) is 3.79. The highest BCUT2D eigenvalue weighted by molar-refractivity contribution is 6.05. The van der Waals surface area contributed by atoms with Crippen LogP contribution in [-0.2, 0) is 10.2 Å². The van der Waals surface area contributed by atoms with Crippen molar-refractivity contribution in [2.45, 2.75) is 32.2 Å². The van der Waals surface area contributed by atoms with Crippen LogP contribution >= 0.6 is 0 Å². The van der Waals surface area contributed by atoms with Gasteiger partial charge < -0.3 is 14.5 Å². The van der Waals surface area contributed by atoms with Gasteiger partial charge in [-0.15, -0.1) is 0 Å². The highest BCUT2D eigenvalue weighted by Crippen LogP contribution is 2.26. The van der Waals surface area contributed by atoms with Gasteiger partial charge in [-0.2, -0.15) is 5.10 Å². The molecule has 1 saturated heterocycles. The zero-order valence-corrected chi connectivity index (χ0v) is 13.1. The van der Waals surface area contributed by atoms with Crippen LogP contribution in [0.25, 0.3) is 11.0 Å². The van der Waals surface area contributed by atoms with Gasteiger partial charge in [-0.1, -0.05) is 0 Å². The smallest absolute Gasteiger partial charge is 0.391 e. The maximum absolute atomic E-state index is 12.2. The van der Waals surface area contributed by atoms with Crippen molar-refractivity contribution in [1.29, 1.82) is 0 Å². The van der Waals surface area contributed by atoms with E-state index in [4.69, 9.17) is 0 Å². The predicted octanol–water partition coefficient (Wildman–Crippen LogP) is -0.0415. The van der Waals surface area contributed by atoms with Crippen molar-refractivity contribution >= 4 is 25.2 Å². The number of H-pyrrole nitrogens is 1. The Morgan fingerprint density at radius 2 is 2.14 bits per heavy atom. The minimum Gasteiger partial charge on any atom is -0.528 e. The van der Waals surface area contributed by atoms with Crippen LogP contribution < -0.4 is 5.56 Å². The van der Waals surface area contributed by atoms with E-state index in [9.17, 15) is 9.59 Å². The summed E-state index contributed by atoms with van der Waals surface area (Å²) in [5, 5.41) is 4.75. The Kier molecular flexibility index (Phi) is 3.23. The van der Waals surface area contributed by atoms with Gasteiger partial charge in [-0.25, -0.2) is 14.5 Å². The number of carbonyl (C=O) groups excluding carboxylic acids is 1. The third-order valence-corrected chi connectivity index (χ3v) is 3.79. The van der Waals surface area contributed by atoms with E-state index >= 15 is 0 Å². The molecule has 0 aliphatic carbocycles. The van der Waals surface area contributed by atoms with E-state index in [1.54, 1.807) is 9.58 Å². The molecule has 1 N–H and O–H groups in total. The van der Waals surface area contributed by atoms with Crippen molar-refractivity contribution < 1.29 is 9.45 Å². The Morgan fingerprint density at radius 3 is 2.73 bits per heavy atom. The fraction of sp³-hybridized carbons (Fsp3) is 0.538. The van der Waals surface area contributed by atoms with Gasteiger partial charge in [0.05, 0.1) is 17.7 Å². The number of carbonyl (C=O) groups is 1.